The first kappa shape index (κ1) is 16.1. The van der Waals surface area contributed by atoms with Crippen molar-refractivity contribution in [2.24, 2.45) is 0 Å². The number of pyridine rings is 1. The first-order valence-electron chi connectivity index (χ1n) is 6.73. The topological polar surface area (TPSA) is 88.2 Å². The Kier molecular flexibility index (Phi) is 5.24. The van der Waals surface area contributed by atoms with Crippen LogP contribution in [0, 0.1) is 0 Å². The van der Waals surface area contributed by atoms with Crippen molar-refractivity contribution in [2.75, 3.05) is 0 Å². The summed E-state index contributed by atoms with van der Waals surface area (Å²) in [4.78, 5) is 16.0. The Morgan fingerprint density at radius 2 is 1.91 bits per heavy atom. The number of hydrogen-bond donors (Lipinski definition) is 2. The maximum absolute atomic E-state index is 12.1. The number of amides is 1. The molecule has 0 saturated heterocycles. The van der Waals surface area contributed by atoms with Crippen LogP contribution in [-0.2, 0) is 21.4 Å². The van der Waals surface area contributed by atoms with Gasteiger partial charge in [0.05, 0.1) is 10.9 Å². The van der Waals surface area contributed by atoms with Crippen LogP contribution in [0.15, 0.2) is 59.8 Å². The average molecular weight is 319 g/mol. The van der Waals surface area contributed by atoms with Gasteiger partial charge >= 0.3 is 0 Å². The minimum atomic E-state index is -3.71. The Balaban J connectivity index is 1.94. The van der Waals surface area contributed by atoms with Crippen LogP contribution in [-0.4, -0.2) is 25.4 Å². The van der Waals surface area contributed by atoms with E-state index in [9.17, 15) is 13.2 Å². The zero-order valence-corrected chi connectivity index (χ0v) is 12.9. The van der Waals surface area contributed by atoms with Gasteiger partial charge in [0.15, 0.2) is 0 Å². The molecule has 6 nitrogen and oxygen atoms in total. The maximum atomic E-state index is 12.1. The van der Waals surface area contributed by atoms with Crippen LogP contribution >= 0.6 is 0 Å². The van der Waals surface area contributed by atoms with E-state index in [0.717, 1.165) is 5.56 Å². The molecule has 0 aliphatic heterocycles. The highest BCUT2D eigenvalue weighted by atomic mass is 32.2. The molecule has 0 aliphatic carbocycles. The molecular formula is C15H17N3O3S. The lowest BCUT2D eigenvalue weighted by Crippen LogP contribution is -2.44. The highest BCUT2D eigenvalue weighted by molar-refractivity contribution is 7.89. The molecule has 0 saturated carbocycles. The lowest BCUT2D eigenvalue weighted by Gasteiger charge is -2.14. The molecule has 0 bridgehead atoms. The predicted molar refractivity (Wildman–Crippen MR) is 82.3 cm³/mol. The largest absolute Gasteiger partial charge is 0.351 e. The van der Waals surface area contributed by atoms with Crippen molar-refractivity contribution in [2.45, 2.75) is 24.4 Å². The Morgan fingerprint density at radius 1 is 1.18 bits per heavy atom. The van der Waals surface area contributed by atoms with E-state index in [1.165, 1.54) is 19.1 Å². The first-order valence-corrected chi connectivity index (χ1v) is 8.21. The summed E-state index contributed by atoms with van der Waals surface area (Å²) in [5.74, 6) is -0.400. The summed E-state index contributed by atoms with van der Waals surface area (Å²) < 4.78 is 26.6. The minimum absolute atomic E-state index is 0.127. The van der Waals surface area contributed by atoms with E-state index >= 15 is 0 Å². The van der Waals surface area contributed by atoms with E-state index < -0.39 is 22.0 Å². The first-order chi connectivity index (χ1) is 10.5. The molecule has 0 unspecified atom stereocenters. The second-order valence-electron chi connectivity index (χ2n) is 4.74. The zero-order valence-electron chi connectivity index (χ0n) is 12.1. The standard InChI is InChI=1S/C15H17N3O3S/c1-12(15(19)17-11-13-6-5-9-16-10-13)18-22(20,21)14-7-3-2-4-8-14/h2-10,12,18H,11H2,1H3,(H,17,19)/t12-/m1/s1. The van der Waals surface area contributed by atoms with Crippen LogP contribution in [0.4, 0.5) is 0 Å². The molecule has 0 spiro atoms. The van der Waals surface area contributed by atoms with Crippen LogP contribution < -0.4 is 10.0 Å². The van der Waals surface area contributed by atoms with E-state index in [-0.39, 0.29) is 4.90 Å². The number of nitrogens with zero attached hydrogens (tertiary/aromatic N) is 1. The summed E-state index contributed by atoms with van der Waals surface area (Å²) in [6.45, 7) is 1.79. The lowest BCUT2D eigenvalue weighted by molar-refractivity contribution is -0.122. The number of benzene rings is 1. The Morgan fingerprint density at radius 3 is 2.55 bits per heavy atom. The molecule has 2 rings (SSSR count). The summed E-state index contributed by atoms with van der Waals surface area (Å²) >= 11 is 0. The van der Waals surface area contributed by atoms with Crippen molar-refractivity contribution in [3.8, 4) is 0 Å². The Hall–Kier alpha value is -2.25. The summed E-state index contributed by atoms with van der Waals surface area (Å²) in [5, 5.41) is 2.67. The van der Waals surface area contributed by atoms with Crippen LogP contribution in [0.3, 0.4) is 0 Å². The molecule has 1 atom stereocenters. The molecule has 2 N–H and O–H groups in total. The number of carbonyl (C=O) groups excluding carboxylic acids is 1. The molecule has 1 heterocycles. The monoisotopic (exact) mass is 319 g/mol. The summed E-state index contributed by atoms with van der Waals surface area (Å²) in [6.07, 6.45) is 3.28. The average Bonchev–Trinajstić information content (AvgIpc) is 2.54. The number of aromatic nitrogens is 1. The highest BCUT2D eigenvalue weighted by Crippen LogP contribution is 2.08. The van der Waals surface area contributed by atoms with Crippen molar-refractivity contribution < 1.29 is 13.2 Å². The number of sulfonamides is 1. The zero-order chi connectivity index (χ0) is 16.0. The van der Waals surface area contributed by atoms with Crippen LogP contribution in [0.25, 0.3) is 0 Å². The molecule has 1 aromatic heterocycles. The summed E-state index contributed by atoms with van der Waals surface area (Å²) in [5.41, 5.74) is 0.842. The molecular weight excluding hydrogens is 302 g/mol. The molecule has 2 aromatic rings. The molecule has 0 radical (unpaired) electrons. The molecule has 1 amide bonds. The number of carbonyl (C=O) groups is 1. The van der Waals surface area contributed by atoms with Crippen LogP contribution in [0.5, 0.6) is 0 Å². The van der Waals surface area contributed by atoms with Gasteiger partial charge in [-0.05, 0) is 30.7 Å². The van der Waals surface area contributed by atoms with Gasteiger partial charge in [0, 0.05) is 18.9 Å². The molecule has 0 fully saturated rings. The van der Waals surface area contributed by atoms with Gasteiger partial charge in [-0.3, -0.25) is 9.78 Å². The van der Waals surface area contributed by atoms with Crippen molar-refractivity contribution in [1.82, 2.24) is 15.0 Å². The molecule has 0 aliphatic rings. The van der Waals surface area contributed by atoms with E-state index in [2.05, 4.69) is 15.0 Å². The van der Waals surface area contributed by atoms with Crippen LogP contribution in [0.1, 0.15) is 12.5 Å². The SMILES string of the molecule is C[C@@H](NS(=O)(=O)c1ccccc1)C(=O)NCc1cccnc1. The highest BCUT2D eigenvalue weighted by Gasteiger charge is 2.21. The second kappa shape index (κ2) is 7.15. The van der Waals surface area contributed by atoms with Crippen LogP contribution in [0.2, 0.25) is 0 Å². The molecule has 7 heteroatoms. The van der Waals surface area contributed by atoms with Gasteiger partial charge in [-0.2, -0.15) is 4.72 Å². The third-order valence-corrected chi connectivity index (χ3v) is 4.52. The summed E-state index contributed by atoms with van der Waals surface area (Å²) in [6, 6.07) is 10.6. The fourth-order valence-electron chi connectivity index (χ4n) is 1.80. The number of rotatable bonds is 6. The van der Waals surface area contributed by atoms with Gasteiger partial charge in [0.2, 0.25) is 15.9 Å². The maximum Gasteiger partial charge on any atom is 0.241 e. The molecule has 116 valence electrons. The molecule has 22 heavy (non-hydrogen) atoms. The fraction of sp³-hybridized carbons (Fsp3) is 0.200. The van der Waals surface area contributed by atoms with E-state index in [1.807, 2.05) is 6.07 Å². The van der Waals surface area contributed by atoms with Gasteiger partial charge in [-0.25, -0.2) is 8.42 Å². The quantitative estimate of drug-likeness (QED) is 0.833. The third-order valence-electron chi connectivity index (χ3n) is 2.97. The van der Waals surface area contributed by atoms with Crippen molar-refractivity contribution in [3.63, 3.8) is 0 Å². The predicted octanol–water partition coefficient (Wildman–Crippen LogP) is 1.06. The van der Waals surface area contributed by atoms with Gasteiger partial charge in [-0.15, -0.1) is 0 Å². The van der Waals surface area contributed by atoms with Gasteiger partial charge < -0.3 is 5.32 Å². The van der Waals surface area contributed by atoms with E-state index in [4.69, 9.17) is 0 Å². The Labute approximate surface area is 129 Å². The normalized spacial score (nSPS) is 12.6. The number of hydrogen-bond acceptors (Lipinski definition) is 4. The van der Waals surface area contributed by atoms with Gasteiger partial charge in [0.1, 0.15) is 0 Å². The molecule has 1 aromatic carbocycles. The van der Waals surface area contributed by atoms with Crippen molar-refractivity contribution >= 4 is 15.9 Å². The fourth-order valence-corrected chi connectivity index (χ4v) is 3.02. The third kappa shape index (κ3) is 4.37. The minimum Gasteiger partial charge on any atom is -0.351 e. The van der Waals surface area contributed by atoms with E-state index in [0.29, 0.717) is 6.54 Å². The Bertz CT molecular complexity index is 718. The lowest BCUT2D eigenvalue weighted by atomic mass is 10.2. The van der Waals surface area contributed by atoms with Gasteiger partial charge in [0.25, 0.3) is 0 Å². The van der Waals surface area contributed by atoms with E-state index in [1.54, 1.807) is 36.7 Å². The smallest absolute Gasteiger partial charge is 0.241 e. The van der Waals surface area contributed by atoms with Gasteiger partial charge in [-0.1, -0.05) is 24.3 Å². The van der Waals surface area contributed by atoms with Crippen molar-refractivity contribution in [3.05, 3.63) is 60.4 Å². The number of nitrogens with one attached hydrogen (secondary N) is 2. The second-order valence-corrected chi connectivity index (χ2v) is 6.45. The summed E-state index contributed by atoms with van der Waals surface area (Å²) in [7, 11) is -3.71. The van der Waals surface area contributed by atoms with Crippen molar-refractivity contribution in [1.29, 1.82) is 0 Å².